The maximum Gasteiger partial charge on any atom is 0.132 e. The van der Waals surface area contributed by atoms with E-state index in [1.54, 1.807) is 6.33 Å². The zero-order valence-electron chi connectivity index (χ0n) is 12.2. The topological polar surface area (TPSA) is 41.0 Å². The van der Waals surface area contributed by atoms with Gasteiger partial charge in [0.25, 0.3) is 0 Å². The van der Waals surface area contributed by atoms with Gasteiger partial charge in [0.2, 0.25) is 0 Å². The number of anilines is 1. The second-order valence-electron chi connectivity index (χ2n) is 5.36. The van der Waals surface area contributed by atoms with Crippen LogP contribution in [0.2, 0.25) is 0 Å². The number of aryl methyl sites for hydroxylation is 1. The average molecular weight is 262 g/mol. The maximum absolute atomic E-state index is 4.47. The van der Waals surface area contributed by atoms with Gasteiger partial charge >= 0.3 is 0 Å². The van der Waals surface area contributed by atoms with Gasteiger partial charge in [-0.15, -0.1) is 0 Å². The molecule has 19 heavy (non-hydrogen) atoms. The maximum atomic E-state index is 4.47. The van der Waals surface area contributed by atoms with Gasteiger partial charge < -0.3 is 10.2 Å². The molecule has 4 heteroatoms. The van der Waals surface area contributed by atoms with Gasteiger partial charge in [-0.3, -0.25) is 0 Å². The number of aromatic nitrogens is 2. The van der Waals surface area contributed by atoms with Gasteiger partial charge in [0.05, 0.1) is 0 Å². The second-order valence-corrected chi connectivity index (χ2v) is 5.36. The fourth-order valence-electron chi connectivity index (χ4n) is 2.70. The first-order chi connectivity index (χ1) is 9.33. The van der Waals surface area contributed by atoms with E-state index < -0.39 is 0 Å². The van der Waals surface area contributed by atoms with Crippen molar-refractivity contribution in [1.82, 2.24) is 15.3 Å². The Labute approximate surface area is 116 Å². The monoisotopic (exact) mass is 262 g/mol. The second kappa shape index (κ2) is 7.43. The van der Waals surface area contributed by atoms with Crippen LogP contribution in [-0.2, 0) is 6.42 Å². The van der Waals surface area contributed by atoms with Crippen LogP contribution in [0.3, 0.4) is 0 Å². The Morgan fingerprint density at radius 2 is 2.05 bits per heavy atom. The number of nitrogens with one attached hydrogen (secondary N) is 1. The lowest BCUT2D eigenvalue weighted by molar-refractivity contribution is 0.372. The van der Waals surface area contributed by atoms with Crippen LogP contribution in [0.15, 0.2) is 12.4 Å². The lowest BCUT2D eigenvalue weighted by Crippen LogP contribution is -2.37. The number of hydrogen-bond donors (Lipinski definition) is 1. The predicted molar refractivity (Wildman–Crippen MR) is 79.5 cm³/mol. The van der Waals surface area contributed by atoms with E-state index in [-0.39, 0.29) is 0 Å². The first-order valence-electron chi connectivity index (χ1n) is 7.60. The summed E-state index contributed by atoms with van der Waals surface area (Å²) in [7, 11) is 0. The fraction of sp³-hybridized carbons (Fsp3) is 0.733. The van der Waals surface area contributed by atoms with Gasteiger partial charge in [-0.2, -0.15) is 0 Å². The van der Waals surface area contributed by atoms with Gasteiger partial charge in [0, 0.05) is 24.8 Å². The highest BCUT2D eigenvalue weighted by molar-refractivity contribution is 5.38. The van der Waals surface area contributed by atoms with Crippen molar-refractivity contribution < 1.29 is 0 Å². The van der Waals surface area contributed by atoms with Crippen LogP contribution in [0.4, 0.5) is 5.82 Å². The lowest BCUT2D eigenvalue weighted by atomic mass is 9.97. The Balaban J connectivity index is 2.04. The van der Waals surface area contributed by atoms with E-state index in [2.05, 4.69) is 40.1 Å². The zero-order chi connectivity index (χ0) is 13.5. The molecule has 0 saturated carbocycles. The molecule has 0 aliphatic carbocycles. The van der Waals surface area contributed by atoms with Crippen molar-refractivity contribution in [3.05, 3.63) is 18.1 Å². The van der Waals surface area contributed by atoms with Gasteiger partial charge in [-0.1, -0.05) is 13.8 Å². The van der Waals surface area contributed by atoms with Crippen LogP contribution in [0.5, 0.6) is 0 Å². The molecule has 2 rings (SSSR count). The lowest BCUT2D eigenvalue weighted by Gasteiger charge is -2.30. The van der Waals surface area contributed by atoms with E-state index in [9.17, 15) is 0 Å². The summed E-state index contributed by atoms with van der Waals surface area (Å²) in [5.41, 5.74) is 1.14. The smallest absolute Gasteiger partial charge is 0.132 e. The highest BCUT2D eigenvalue weighted by Gasteiger charge is 2.17. The molecule has 0 atom stereocenters. The molecule has 0 radical (unpaired) electrons. The molecule has 1 N–H and O–H groups in total. The highest BCUT2D eigenvalue weighted by Crippen LogP contribution is 2.18. The minimum Gasteiger partial charge on any atom is -0.356 e. The normalized spacial score (nSPS) is 16.5. The van der Waals surface area contributed by atoms with Crippen LogP contribution in [-0.4, -0.2) is 36.1 Å². The fourth-order valence-corrected chi connectivity index (χ4v) is 2.70. The average Bonchev–Trinajstić information content (AvgIpc) is 2.48. The zero-order valence-corrected chi connectivity index (χ0v) is 12.2. The molecule has 1 aliphatic heterocycles. The van der Waals surface area contributed by atoms with Crippen LogP contribution in [0.1, 0.15) is 38.8 Å². The van der Waals surface area contributed by atoms with E-state index in [0.29, 0.717) is 0 Å². The molecule has 0 amide bonds. The molecule has 1 fully saturated rings. The first kappa shape index (κ1) is 14.3. The van der Waals surface area contributed by atoms with E-state index in [4.69, 9.17) is 0 Å². The Morgan fingerprint density at radius 3 is 2.74 bits per heavy atom. The minimum atomic E-state index is 0.799. The van der Waals surface area contributed by atoms with Crippen LogP contribution >= 0.6 is 0 Å². The summed E-state index contributed by atoms with van der Waals surface area (Å²) in [4.78, 5) is 11.2. The molecule has 2 heterocycles. The number of hydrogen-bond acceptors (Lipinski definition) is 4. The standard InChI is InChI=1S/C15H26N4/c1-3-9-19(11-13-5-7-16-8-6-13)15-10-14(4-2)17-12-18-15/h10,12-13,16H,3-9,11H2,1-2H3. The molecule has 1 aliphatic rings. The van der Waals surface area contributed by atoms with Crippen molar-refractivity contribution in [2.45, 2.75) is 39.5 Å². The van der Waals surface area contributed by atoms with Crippen LogP contribution in [0.25, 0.3) is 0 Å². The third kappa shape index (κ3) is 4.16. The number of rotatable bonds is 6. The SMILES string of the molecule is CCCN(CC1CCNCC1)c1cc(CC)ncn1. The molecular formula is C15H26N4. The van der Waals surface area contributed by atoms with Crippen molar-refractivity contribution in [2.75, 3.05) is 31.1 Å². The number of nitrogens with zero attached hydrogens (tertiary/aromatic N) is 3. The van der Waals surface area contributed by atoms with E-state index in [0.717, 1.165) is 56.5 Å². The van der Waals surface area contributed by atoms with Crippen molar-refractivity contribution in [1.29, 1.82) is 0 Å². The van der Waals surface area contributed by atoms with Crippen molar-refractivity contribution in [3.63, 3.8) is 0 Å². The largest absolute Gasteiger partial charge is 0.356 e. The van der Waals surface area contributed by atoms with Crippen molar-refractivity contribution >= 4 is 5.82 Å². The highest BCUT2D eigenvalue weighted by atomic mass is 15.2. The molecule has 0 bridgehead atoms. The summed E-state index contributed by atoms with van der Waals surface area (Å²) in [6, 6.07) is 2.15. The van der Waals surface area contributed by atoms with Gasteiger partial charge in [-0.05, 0) is 44.7 Å². The van der Waals surface area contributed by atoms with Gasteiger partial charge in [0.15, 0.2) is 0 Å². The van der Waals surface area contributed by atoms with E-state index in [1.165, 1.54) is 12.8 Å². The first-order valence-corrected chi connectivity index (χ1v) is 7.60. The van der Waals surface area contributed by atoms with E-state index >= 15 is 0 Å². The Bertz CT molecular complexity index is 374. The predicted octanol–water partition coefficient (Wildman–Crippen LogP) is 2.25. The molecule has 4 nitrogen and oxygen atoms in total. The molecule has 1 aromatic heterocycles. The summed E-state index contributed by atoms with van der Waals surface area (Å²) < 4.78 is 0. The third-order valence-electron chi connectivity index (χ3n) is 3.83. The molecule has 1 aromatic rings. The van der Waals surface area contributed by atoms with Gasteiger partial charge in [0.1, 0.15) is 12.1 Å². The van der Waals surface area contributed by atoms with E-state index in [1.807, 2.05) is 0 Å². The van der Waals surface area contributed by atoms with Crippen LogP contribution in [0, 0.1) is 5.92 Å². The van der Waals surface area contributed by atoms with Crippen LogP contribution < -0.4 is 10.2 Å². The van der Waals surface area contributed by atoms with Crippen molar-refractivity contribution in [3.8, 4) is 0 Å². The molecule has 1 saturated heterocycles. The summed E-state index contributed by atoms with van der Waals surface area (Å²) in [5.74, 6) is 1.90. The quantitative estimate of drug-likeness (QED) is 0.854. The summed E-state index contributed by atoms with van der Waals surface area (Å²) in [5, 5.41) is 3.43. The summed E-state index contributed by atoms with van der Waals surface area (Å²) in [6.07, 6.45) is 6.41. The molecule has 0 spiro atoms. The minimum absolute atomic E-state index is 0.799. The van der Waals surface area contributed by atoms with Gasteiger partial charge in [-0.25, -0.2) is 9.97 Å². The summed E-state index contributed by atoms with van der Waals surface area (Å²) >= 11 is 0. The Hall–Kier alpha value is -1.16. The summed E-state index contributed by atoms with van der Waals surface area (Å²) in [6.45, 7) is 8.92. The molecule has 0 unspecified atom stereocenters. The Kier molecular flexibility index (Phi) is 5.58. The Morgan fingerprint density at radius 1 is 1.26 bits per heavy atom. The number of piperidine rings is 1. The molecule has 106 valence electrons. The van der Waals surface area contributed by atoms with Crippen molar-refractivity contribution in [2.24, 2.45) is 5.92 Å². The molecular weight excluding hydrogens is 236 g/mol. The molecule has 0 aromatic carbocycles. The third-order valence-corrected chi connectivity index (χ3v) is 3.83.